The molecule has 0 N–H and O–H groups in total. The van der Waals surface area contributed by atoms with Gasteiger partial charge in [-0.15, -0.1) is 0 Å². The SMILES string of the molecule is CN(C(=O)CN1N=C(c2cccc(Cl)c2)CCC1=O)c1ccc(Cl)cc1. The van der Waals surface area contributed by atoms with Crippen molar-refractivity contribution in [1.82, 2.24) is 5.01 Å². The Bertz CT molecular complexity index is 865. The van der Waals surface area contributed by atoms with E-state index in [1.165, 1.54) is 9.91 Å². The highest BCUT2D eigenvalue weighted by Gasteiger charge is 2.25. The van der Waals surface area contributed by atoms with Crippen molar-refractivity contribution >= 4 is 46.4 Å². The predicted molar refractivity (Wildman–Crippen MR) is 104 cm³/mol. The molecular formula is C19H17Cl2N3O2. The maximum absolute atomic E-state index is 12.5. The van der Waals surface area contributed by atoms with E-state index in [1.807, 2.05) is 12.1 Å². The number of nitrogens with zero attached hydrogens (tertiary/aromatic N) is 3. The zero-order valence-corrected chi connectivity index (χ0v) is 15.7. The van der Waals surface area contributed by atoms with Gasteiger partial charge in [0, 0.05) is 35.6 Å². The van der Waals surface area contributed by atoms with E-state index in [1.54, 1.807) is 43.4 Å². The highest BCUT2D eigenvalue weighted by atomic mass is 35.5. The standard InChI is InChI=1S/C19H17Cl2N3O2/c1-23(16-7-5-14(20)6-8-16)19(26)12-24-18(25)10-9-17(22-24)13-3-2-4-15(21)11-13/h2-8,11H,9-10,12H2,1H3. The molecule has 0 aromatic heterocycles. The Morgan fingerprint density at radius 2 is 1.85 bits per heavy atom. The second-order valence-corrected chi connectivity index (χ2v) is 6.81. The van der Waals surface area contributed by atoms with Gasteiger partial charge in [-0.2, -0.15) is 5.10 Å². The van der Waals surface area contributed by atoms with Gasteiger partial charge in [0.2, 0.25) is 11.8 Å². The molecule has 0 saturated carbocycles. The zero-order chi connectivity index (χ0) is 18.7. The third kappa shape index (κ3) is 4.23. The average Bonchev–Trinajstić information content (AvgIpc) is 2.63. The molecule has 2 aromatic rings. The highest BCUT2D eigenvalue weighted by molar-refractivity contribution is 6.31. The first-order chi connectivity index (χ1) is 12.4. The summed E-state index contributed by atoms with van der Waals surface area (Å²) in [6.45, 7) is -0.123. The summed E-state index contributed by atoms with van der Waals surface area (Å²) in [6, 6.07) is 14.2. The molecule has 7 heteroatoms. The molecule has 0 bridgehead atoms. The lowest BCUT2D eigenvalue weighted by Crippen LogP contribution is -2.41. The maximum Gasteiger partial charge on any atom is 0.248 e. The molecule has 2 aromatic carbocycles. The molecule has 0 fully saturated rings. The smallest absolute Gasteiger partial charge is 0.248 e. The first-order valence-electron chi connectivity index (χ1n) is 8.10. The van der Waals surface area contributed by atoms with Gasteiger partial charge >= 0.3 is 0 Å². The Morgan fingerprint density at radius 3 is 2.54 bits per heavy atom. The first kappa shape index (κ1) is 18.4. The van der Waals surface area contributed by atoms with Crippen LogP contribution in [0.4, 0.5) is 5.69 Å². The predicted octanol–water partition coefficient (Wildman–Crippen LogP) is 3.98. The molecule has 0 saturated heterocycles. The minimum Gasteiger partial charge on any atom is -0.314 e. The fraction of sp³-hybridized carbons (Fsp3) is 0.211. The average molecular weight is 390 g/mol. The summed E-state index contributed by atoms with van der Waals surface area (Å²) in [6.07, 6.45) is 0.834. The van der Waals surface area contributed by atoms with Crippen LogP contribution in [0.5, 0.6) is 0 Å². The molecule has 0 atom stereocenters. The van der Waals surface area contributed by atoms with Crippen LogP contribution >= 0.6 is 23.2 Å². The number of hydrazone groups is 1. The number of likely N-dealkylation sites (N-methyl/N-ethyl adjacent to an activating group) is 1. The normalized spacial score (nSPS) is 14.2. The Balaban J connectivity index is 1.76. The van der Waals surface area contributed by atoms with Crippen molar-refractivity contribution in [2.24, 2.45) is 5.10 Å². The van der Waals surface area contributed by atoms with Crippen LogP contribution in [0.25, 0.3) is 0 Å². The van der Waals surface area contributed by atoms with Gasteiger partial charge in [0.15, 0.2) is 0 Å². The lowest BCUT2D eigenvalue weighted by molar-refractivity contribution is -0.135. The number of benzene rings is 2. The van der Waals surface area contributed by atoms with Gasteiger partial charge in [-0.3, -0.25) is 9.59 Å². The topological polar surface area (TPSA) is 53.0 Å². The molecule has 0 spiro atoms. The van der Waals surface area contributed by atoms with Crippen LogP contribution in [-0.2, 0) is 9.59 Å². The second-order valence-electron chi connectivity index (χ2n) is 5.94. The van der Waals surface area contributed by atoms with Crippen LogP contribution in [0.2, 0.25) is 10.0 Å². The third-order valence-electron chi connectivity index (χ3n) is 4.14. The summed E-state index contributed by atoms with van der Waals surface area (Å²) < 4.78 is 0. The number of anilines is 1. The van der Waals surface area contributed by atoms with E-state index in [0.717, 1.165) is 11.3 Å². The lowest BCUT2D eigenvalue weighted by atomic mass is 10.0. The molecule has 1 aliphatic rings. The molecule has 2 amide bonds. The lowest BCUT2D eigenvalue weighted by Gasteiger charge is -2.25. The fourth-order valence-corrected chi connectivity index (χ4v) is 2.96. The quantitative estimate of drug-likeness (QED) is 0.793. The van der Waals surface area contributed by atoms with E-state index in [2.05, 4.69) is 5.10 Å². The molecule has 0 radical (unpaired) electrons. The van der Waals surface area contributed by atoms with Crippen molar-refractivity contribution in [2.75, 3.05) is 18.5 Å². The molecular weight excluding hydrogens is 373 g/mol. The first-order valence-corrected chi connectivity index (χ1v) is 8.85. The summed E-state index contributed by atoms with van der Waals surface area (Å²) in [7, 11) is 1.65. The van der Waals surface area contributed by atoms with Crippen LogP contribution in [0.3, 0.4) is 0 Å². The maximum atomic E-state index is 12.5. The van der Waals surface area contributed by atoms with Crippen LogP contribution in [0, 0.1) is 0 Å². The van der Waals surface area contributed by atoms with Gasteiger partial charge in [0.25, 0.3) is 0 Å². The number of rotatable bonds is 4. The zero-order valence-electron chi connectivity index (χ0n) is 14.2. The van der Waals surface area contributed by atoms with Crippen LogP contribution in [0.15, 0.2) is 53.6 Å². The number of hydrogen-bond donors (Lipinski definition) is 0. The van der Waals surface area contributed by atoms with Crippen molar-refractivity contribution in [3.63, 3.8) is 0 Å². The number of amides is 2. The Labute approximate surface area is 161 Å². The van der Waals surface area contributed by atoms with Crippen LogP contribution in [-0.4, -0.2) is 36.1 Å². The van der Waals surface area contributed by atoms with Crippen molar-refractivity contribution in [1.29, 1.82) is 0 Å². The molecule has 1 aliphatic heterocycles. The second kappa shape index (κ2) is 7.89. The number of halogens is 2. The largest absolute Gasteiger partial charge is 0.314 e. The van der Waals surface area contributed by atoms with Crippen molar-refractivity contribution < 1.29 is 9.59 Å². The molecule has 5 nitrogen and oxygen atoms in total. The van der Waals surface area contributed by atoms with Gasteiger partial charge in [-0.25, -0.2) is 5.01 Å². The summed E-state index contributed by atoms with van der Waals surface area (Å²) in [5, 5.41) is 6.81. The summed E-state index contributed by atoms with van der Waals surface area (Å²) in [5.74, 6) is -0.412. The third-order valence-corrected chi connectivity index (χ3v) is 4.62. The van der Waals surface area contributed by atoms with Gasteiger partial charge < -0.3 is 4.90 Å². The summed E-state index contributed by atoms with van der Waals surface area (Å²) in [4.78, 5) is 26.2. The van der Waals surface area contributed by atoms with E-state index in [-0.39, 0.29) is 18.4 Å². The molecule has 0 unspecified atom stereocenters. The van der Waals surface area contributed by atoms with Gasteiger partial charge in [0.1, 0.15) is 6.54 Å². The van der Waals surface area contributed by atoms with Gasteiger partial charge in [0.05, 0.1) is 5.71 Å². The monoisotopic (exact) mass is 389 g/mol. The summed E-state index contributed by atoms with van der Waals surface area (Å²) >= 11 is 11.9. The molecule has 26 heavy (non-hydrogen) atoms. The van der Waals surface area contributed by atoms with Crippen LogP contribution < -0.4 is 4.90 Å². The highest BCUT2D eigenvalue weighted by Crippen LogP contribution is 2.20. The summed E-state index contributed by atoms with van der Waals surface area (Å²) in [5.41, 5.74) is 2.30. The van der Waals surface area contributed by atoms with Crippen LogP contribution in [0.1, 0.15) is 18.4 Å². The van der Waals surface area contributed by atoms with E-state index < -0.39 is 0 Å². The van der Waals surface area contributed by atoms with Crippen molar-refractivity contribution in [3.8, 4) is 0 Å². The van der Waals surface area contributed by atoms with Crippen molar-refractivity contribution in [2.45, 2.75) is 12.8 Å². The molecule has 134 valence electrons. The van der Waals surface area contributed by atoms with Gasteiger partial charge in [-0.05, 0) is 42.0 Å². The van der Waals surface area contributed by atoms with E-state index in [4.69, 9.17) is 23.2 Å². The minimum absolute atomic E-state index is 0.123. The Hall–Kier alpha value is -2.37. The minimum atomic E-state index is -0.239. The number of carbonyl (C=O) groups excluding carboxylic acids is 2. The molecule has 3 rings (SSSR count). The Morgan fingerprint density at radius 1 is 1.12 bits per heavy atom. The molecule has 1 heterocycles. The van der Waals surface area contributed by atoms with E-state index >= 15 is 0 Å². The number of hydrogen-bond acceptors (Lipinski definition) is 3. The van der Waals surface area contributed by atoms with E-state index in [0.29, 0.717) is 28.6 Å². The van der Waals surface area contributed by atoms with Gasteiger partial charge in [-0.1, -0.05) is 35.3 Å². The molecule has 0 aliphatic carbocycles. The number of carbonyl (C=O) groups is 2. The van der Waals surface area contributed by atoms with E-state index in [9.17, 15) is 9.59 Å². The van der Waals surface area contributed by atoms with Crippen molar-refractivity contribution in [3.05, 3.63) is 64.1 Å². The fourth-order valence-electron chi connectivity index (χ4n) is 2.64. The Kier molecular flexibility index (Phi) is 5.59.